The van der Waals surface area contributed by atoms with Crippen molar-refractivity contribution in [2.45, 2.75) is 6.54 Å². The van der Waals surface area contributed by atoms with Crippen molar-refractivity contribution < 1.29 is 4.42 Å². The van der Waals surface area contributed by atoms with Crippen LogP contribution in [-0.4, -0.2) is 33.6 Å². The summed E-state index contributed by atoms with van der Waals surface area (Å²) in [5.41, 5.74) is 1.61. The fraction of sp³-hybridized carbons (Fsp3) is 0.250. The highest BCUT2D eigenvalue weighted by Gasteiger charge is 2.11. The third-order valence-electron chi connectivity index (χ3n) is 2.71. The van der Waals surface area contributed by atoms with Gasteiger partial charge in [0.2, 0.25) is 0 Å². The van der Waals surface area contributed by atoms with E-state index in [9.17, 15) is 0 Å². The van der Waals surface area contributed by atoms with Crippen molar-refractivity contribution in [1.29, 1.82) is 0 Å². The number of hydrogen-bond acceptors (Lipinski definition) is 5. The summed E-state index contributed by atoms with van der Waals surface area (Å²) >= 11 is 0. The molecule has 0 aliphatic rings. The maximum atomic E-state index is 5.33. The molecule has 0 atom stereocenters. The first-order chi connectivity index (χ1) is 8.75. The van der Waals surface area contributed by atoms with Crippen molar-refractivity contribution in [3.63, 3.8) is 0 Å². The number of anilines is 1. The Labute approximate surface area is 104 Å². The van der Waals surface area contributed by atoms with E-state index in [-0.39, 0.29) is 0 Å². The minimum absolute atomic E-state index is 0.618. The van der Waals surface area contributed by atoms with Crippen LogP contribution in [0.25, 0.3) is 11.2 Å². The van der Waals surface area contributed by atoms with E-state index in [0.29, 0.717) is 6.54 Å². The molecule has 0 spiro atoms. The lowest BCUT2D eigenvalue weighted by molar-refractivity contribution is 0.495. The van der Waals surface area contributed by atoms with E-state index in [1.165, 1.54) is 0 Å². The van der Waals surface area contributed by atoms with Crippen LogP contribution in [0.15, 0.2) is 35.5 Å². The van der Waals surface area contributed by atoms with Crippen LogP contribution in [0.5, 0.6) is 0 Å². The number of furan rings is 1. The zero-order valence-electron chi connectivity index (χ0n) is 10.2. The van der Waals surface area contributed by atoms with Crippen molar-refractivity contribution in [1.82, 2.24) is 19.5 Å². The first kappa shape index (κ1) is 10.8. The zero-order chi connectivity index (χ0) is 12.5. The topological polar surface area (TPSA) is 60.0 Å². The Morgan fingerprint density at radius 2 is 2.17 bits per heavy atom. The molecule has 3 aromatic rings. The maximum absolute atomic E-state index is 5.33. The molecule has 0 aliphatic carbocycles. The Morgan fingerprint density at radius 1 is 1.28 bits per heavy atom. The molecule has 0 unspecified atom stereocenters. The summed E-state index contributed by atoms with van der Waals surface area (Å²) in [6, 6.07) is 3.80. The SMILES string of the molecule is CN(C)c1ncnc2c1ncn2Cc1ccco1. The van der Waals surface area contributed by atoms with Crippen molar-refractivity contribution in [2.24, 2.45) is 0 Å². The van der Waals surface area contributed by atoms with E-state index in [1.54, 1.807) is 18.9 Å². The average Bonchev–Trinajstić information content (AvgIpc) is 2.99. The number of aromatic nitrogens is 4. The monoisotopic (exact) mass is 243 g/mol. The Kier molecular flexibility index (Phi) is 2.47. The largest absolute Gasteiger partial charge is 0.467 e. The van der Waals surface area contributed by atoms with E-state index in [0.717, 1.165) is 22.7 Å². The van der Waals surface area contributed by atoms with Crippen molar-refractivity contribution >= 4 is 17.0 Å². The van der Waals surface area contributed by atoms with Gasteiger partial charge < -0.3 is 13.9 Å². The van der Waals surface area contributed by atoms with Crippen molar-refractivity contribution in [2.75, 3.05) is 19.0 Å². The standard InChI is InChI=1S/C12H13N5O/c1-16(2)11-10-12(14-7-13-11)17(8-15-10)6-9-4-3-5-18-9/h3-5,7-8H,6H2,1-2H3. The molecular formula is C12H13N5O. The summed E-state index contributed by atoms with van der Waals surface area (Å²) in [5.74, 6) is 1.69. The second kappa shape index (κ2) is 4.14. The van der Waals surface area contributed by atoms with Gasteiger partial charge >= 0.3 is 0 Å². The molecule has 92 valence electrons. The van der Waals surface area contributed by atoms with Crippen LogP contribution in [-0.2, 0) is 6.54 Å². The molecule has 3 heterocycles. The van der Waals surface area contributed by atoms with Crippen LogP contribution in [0.2, 0.25) is 0 Å². The van der Waals surface area contributed by atoms with Crippen molar-refractivity contribution in [3.05, 3.63) is 36.8 Å². The van der Waals surface area contributed by atoms with Crippen LogP contribution in [0.4, 0.5) is 5.82 Å². The number of rotatable bonds is 3. The predicted molar refractivity (Wildman–Crippen MR) is 67.5 cm³/mol. The molecule has 0 saturated heterocycles. The lowest BCUT2D eigenvalue weighted by Gasteiger charge is -2.10. The lowest BCUT2D eigenvalue weighted by Crippen LogP contribution is -2.11. The molecule has 6 nitrogen and oxygen atoms in total. The van der Waals surface area contributed by atoms with E-state index in [1.807, 2.05) is 35.7 Å². The van der Waals surface area contributed by atoms with Crippen LogP contribution >= 0.6 is 0 Å². The summed E-state index contributed by atoms with van der Waals surface area (Å²) in [5, 5.41) is 0. The number of nitrogens with zero attached hydrogens (tertiary/aromatic N) is 5. The van der Waals surface area contributed by atoms with E-state index < -0.39 is 0 Å². The van der Waals surface area contributed by atoms with Crippen LogP contribution in [0, 0.1) is 0 Å². The summed E-state index contributed by atoms with van der Waals surface area (Å²) in [6.07, 6.45) is 4.97. The van der Waals surface area contributed by atoms with Gasteiger partial charge in [-0.3, -0.25) is 0 Å². The quantitative estimate of drug-likeness (QED) is 0.698. The van der Waals surface area contributed by atoms with Crippen molar-refractivity contribution in [3.8, 4) is 0 Å². The molecule has 6 heteroatoms. The summed E-state index contributed by atoms with van der Waals surface area (Å²) < 4.78 is 7.28. The van der Waals surface area contributed by atoms with E-state index >= 15 is 0 Å². The lowest BCUT2D eigenvalue weighted by atomic mass is 10.4. The van der Waals surface area contributed by atoms with Gasteiger partial charge in [0.1, 0.15) is 12.1 Å². The fourth-order valence-corrected chi connectivity index (χ4v) is 1.88. The van der Waals surface area contributed by atoms with Crippen LogP contribution < -0.4 is 4.90 Å². The van der Waals surface area contributed by atoms with Crippen LogP contribution in [0.3, 0.4) is 0 Å². The normalized spacial score (nSPS) is 11.0. The predicted octanol–water partition coefficient (Wildman–Crippen LogP) is 1.53. The smallest absolute Gasteiger partial charge is 0.165 e. The molecule has 0 N–H and O–H groups in total. The van der Waals surface area contributed by atoms with E-state index in [2.05, 4.69) is 15.0 Å². The highest BCUT2D eigenvalue weighted by Crippen LogP contribution is 2.20. The number of fused-ring (bicyclic) bond motifs is 1. The van der Waals surface area contributed by atoms with Gasteiger partial charge in [-0.25, -0.2) is 15.0 Å². The first-order valence-electron chi connectivity index (χ1n) is 5.61. The second-order valence-electron chi connectivity index (χ2n) is 4.22. The number of hydrogen-bond donors (Lipinski definition) is 0. The van der Waals surface area contributed by atoms with Gasteiger partial charge in [0, 0.05) is 14.1 Å². The second-order valence-corrected chi connectivity index (χ2v) is 4.22. The van der Waals surface area contributed by atoms with Gasteiger partial charge in [-0.2, -0.15) is 0 Å². The van der Waals surface area contributed by atoms with Gasteiger partial charge in [0.05, 0.1) is 19.1 Å². The Bertz CT molecular complexity index is 656. The number of imidazole rings is 1. The molecule has 0 amide bonds. The molecule has 3 rings (SSSR count). The molecular weight excluding hydrogens is 230 g/mol. The molecule has 0 radical (unpaired) electrons. The summed E-state index contributed by atoms with van der Waals surface area (Å²) in [7, 11) is 3.88. The summed E-state index contributed by atoms with van der Waals surface area (Å²) in [4.78, 5) is 14.8. The van der Waals surface area contributed by atoms with Gasteiger partial charge in [0.15, 0.2) is 17.0 Å². The minimum Gasteiger partial charge on any atom is -0.467 e. The highest BCUT2D eigenvalue weighted by molar-refractivity contribution is 5.83. The molecule has 18 heavy (non-hydrogen) atoms. The Balaban J connectivity index is 2.07. The van der Waals surface area contributed by atoms with Gasteiger partial charge in [-0.05, 0) is 12.1 Å². The molecule has 0 bridgehead atoms. The van der Waals surface area contributed by atoms with Gasteiger partial charge in [0.25, 0.3) is 0 Å². The molecule has 0 saturated carbocycles. The first-order valence-corrected chi connectivity index (χ1v) is 5.61. The zero-order valence-corrected chi connectivity index (χ0v) is 10.2. The summed E-state index contributed by atoms with van der Waals surface area (Å²) in [6.45, 7) is 0.618. The molecule has 3 aromatic heterocycles. The Hall–Kier alpha value is -2.37. The van der Waals surface area contributed by atoms with Gasteiger partial charge in [-0.15, -0.1) is 0 Å². The molecule has 0 aromatic carbocycles. The van der Waals surface area contributed by atoms with E-state index in [4.69, 9.17) is 4.42 Å². The van der Waals surface area contributed by atoms with Gasteiger partial charge in [-0.1, -0.05) is 0 Å². The highest BCUT2D eigenvalue weighted by atomic mass is 16.3. The molecule has 0 aliphatic heterocycles. The average molecular weight is 243 g/mol. The minimum atomic E-state index is 0.618. The third-order valence-corrected chi connectivity index (χ3v) is 2.71. The van der Waals surface area contributed by atoms with Crippen LogP contribution in [0.1, 0.15) is 5.76 Å². The molecule has 0 fully saturated rings. The fourth-order valence-electron chi connectivity index (χ4n) is 1.88. The Morgan fingerprint density at radius 3 is 2.89 bits per heavy atom. The third kappa shape index (κ3) is 1.71. The maximum Gasteiger partial charge on any atom is 0.165 e.